The Balaban J connectivity index is 2.97. The van der Waals surface area contributed by atoms with E-state index in [4.69, 9.17) is 4.74 Å². The van der Waals surface area contributed by atoms with Gasteiger partial charge in [-0.15, -0.1) is 0 Å². The third-order valence-electron chi connectivity index (χ3n) is 6.08. The summed E-state index contributed by atoms with van der Waals surface area (Å²) in [5, 5.41) is 0. The van der Waals surface area contributed by atoms with Crippen LogP contribution in [0.5, 0.6) is 0 Å². The van der Waals surface area contributed by atoms with Gasteiger partial charge in [0.2, 0.25) is 0 Å². The molecule has 0 atom stereocenters. The molecule has 0 N–H and O–H groups in total. The molecule has 0 amide bonds. The molecule has 0 aliphatic carbocycles. The van der Waals surface area contributed by atoms with Gasteiger partial charge < -0.3 is 4.74 Å². The van der Waals surface area contributed by atoms with Crippen molar-refractivity contribution in [3.8, 4) is 0 Å². The number of ether oxygens (including phenoxy) is 1. The maximum Gasteiger partial charge on any atom is 0.0466 e. The summed E-state index contributed by atoms with van der Waals surface area (Å²) in [6, 6.07) is 0. The molecule has 0 fully saturated rings. The Hall–Kier alpha value is -0.0400. The van der Waals surface area contributed by atoms with Crippen LogP contribution >= 0.6 is 0 Å². The third kappa shape index (κ3) is 28.0. The van der Waals surface area contributed by atoms with E-state index in [0.717, 1.165) is 26.1 Å². The summed E-state index contributed by atoms with van der Waals surface area (Å²) >= 11 is 0. The molecule has 0 bridgehead atoms. The first-order chi connectivity index (χ1) is 14.4. The molecule has 1 nitrogen and oxygen atoms in total. The topological polar surface area (TPSA) is 9.23 Å². The largest absolute Gasteiger partial charge is 0.381 e. The zero-order valence-corrected chi connectivity index (χ0v) is 20.2. The summed E-state index contributed by atoms with van der Waals surface area (Å²) in [6.45, 7) is 9.76. The fraction of sp³-hybridized carbons (Fsp3) is 0.929. The van der Waals surface area contributed by atoms with E-state index in [2.05, 4.69) is 13.8 Å². The van der Waals surface area contributed by atoms with Crippen LogP contribution in [0.4, 0.5) is 0 Å². The summed E-state index contributed by atoms with van der Waals surface area (Å²) in [5.74, 6) is 0. The van der Waals surface area contributed by atoms with Crippen molar-refractivity contribution in [3.05, 3.63) is 13.8 Å². The fourth-order valence-corrected chi connectivity index (χ4v) is 4.05. The molecule has 0 heterocycles. The van der Waals surface area contributed by atoms with Crippen molar-refractivity contribution in [2.24, 2.45) is 0 Å². The van der Waals surface area contributed by atoms with Gasteiger partial charge in [0.15, 0.2) is 0 Å². The molecule has 0 aliphatic heterocycles. The quantitative estimate of drug-likeness (QED) is 0.129. The number of hydrogen-bond donors (Lipinski definition) is 0. The SMILES string of the molecule is [CH2]CCCCCCCCCCCCCCCCCCCOCCCCCCC[CH2]. The lowest BCUT2D eigenvalue weighted by Gasteiger charge is -2.05. The lowest BCUT2D eigenvalue weighted by Crippen LogP contribution is -1.97. The van der Waals surface area contributed by atoms with Gasteiger partial charge in [-0.1, -0.05) is 155 Å². The van der Waals surface area contributed by atoms with Crippen LogP contribution in [0, 0.1) is 13.8 Å². The van der Waals surface area contributed by atoms with E-state index in [1.54, 1.807) is 0 Å². The Morgan fingerprint density at radius 2 is 0.483 bits per heavy atom. The van der Waals surface area contributed by atoms with Crippen LogP contribution in [-0.2, 0) is 4.74 Å². The van der Waals surface area contributed by atoms with Crippen molar-refractivity contribution < 1.29 is 4.74 Å². The first-order valence-electron chi connectivity index (χ1n) is 13.6. The Morgan fingerprint density at radius 3 is 0.724 bits per heavy atom. The van der Waals surface area contributed by atoms with E-state index in [1.165, 1.54) is 141 Å². The molecule has 0 spiro atoms. The minimum atomic E-state index is 0.973. The van der Waals surface area contributed by atoms with Crippen LogP contribution in [0.1, 0.15) is 154 Å². The second-order valence-electron chi connectivity index (χ2n) is 9.10. The number of hydrogen-bond acceptors (Lipinski definition) is 1. The van der Waals surface area contributed by atoms with E-state index < -0.39 is 0 Å². The predicted molar refractivity (Wildman–Crippen MR) is 132 cm³/mol. The van der Waals surface area contributed by atoms with Gasteiger partial charge >= 0.3 is 0 Å². The molecule has 0 aromatic rings. The van der Waals surface area contributed by atoms with Gasteiger partial charge in [-0.05, 0) is 12.8 Å². The Labute approximate surface area is 186 Å². The van der Waals surface area contributed by atoms with Crippen molar-refractivity contribution in [1.29, 1.82) is 0 Å². The zero-order chi connectivity index (χ0) is 21.1. The van der Waals surface area contributed by atoms with Gasteiger partial charge in [0.1, 0.15) is 0 Å². The van der Waals surface area contributed by atoms with Crippen LogP contribution in [0.25, 0.3) is 0 Å². The van der Waals surface area contributed by atoms with Crippen LogP contribution in [0.2, 0.25) is 0 Å². The van der Waals surface area contributed by atoms with Gasteiger partial charge in [-0.25, -0.2) is 0 Å². The molecule has 0 rings (SSSR count). The minimum absolute atomic E-state index is 0.973. The number of unbranched alkanes of at least 4 members (excludes halogenated alkanes) is 22. The van der Waals surface area contributed by atoms with Crippen molar-refractivity contribution in [3.63, 3.8) is 0 Å². The molecule has 0 aromatic heterocycles. The minimum Gasteiger partial charge on any atom is -0.381 e. The maximum atomic E-state index is 5.75. The molecule has 0 aliphatic rings. The summed E-state index contributed by atoms with van der Waals surface area (Å²) in [4.78, 5) is 0. The van der Waals surface area contributed by atoms with E-state index in [1.807, 2.05) is 0 Å². The summed E-state index contributed by atoms with van der Waals surface area (Å²) in [6.07, 6.45) is 33.0. The summed E-state index contributed by atoms with van der Waals surface area (Å²) in [5.41, 5.74) is 0. The van der Waals surface area contributed by atoms with E-state index in [-0.39, 0.29) is 0 Å². The third-order valence-corrected chi connectivity index (χ3v) is 6.08. The maximum absolute atomic E-state index is 5.75. The Kier molecular flexibility index (Phi) is 27.9. The zero-order valence-electron chi connectivity index (χ0n) is 20.2. The van der Waals surface area contributed by atoms with Gasteiger partial charge in [-0.2, -0.15) is 0 Å². The summed E-state index contributed by atoms with van der Waals surface area (Å²) in [7, 11) is 0. The first kappa shape index (κ1) is 29.0. The fourth-order valence-electron chi connectivity index (χ4n) is 4.05. The van der Waals surface area contributed by atoms with Crippen LogP contribution in [-0.4, -0.2) is 13.2 Å². The second-order valence-corrected chi connectivity index (χ2v) is 9.10. The normalized spacial score (nSPS) is 11.4. The van der Waals surface area contributed by atoms with Gasteiger partial charge in [-0.3, -0.25) is 0 Å². The molecule has 0 saturated heterocycles. The Morgan fingerprint density at radius 1 is 0.276 bits per heavy atom. The standard InChI is InChI=1S/C28H56O/c1-3-5-7-9-11-12-13-14-15-16-17-18-19-20-21-22-24-26-28-29-27-25-23-10-8-6-4-2/h1-28H2. The monoisotopic (exact) mass is 408 g/mol. The molecule has 1 heteroatoms. The van der Waals surface area contributed by atoms with Crippen LogP contribution in [0.15, 0.2) is 0 Å². The number of rotatable bonds is 26. The highest BCUT2D eigenvalue weighted by atomic mass is 16.5. The van der Waals surface area contributed by atoms with E-state index >= 15 is 0 Å². The average molecular weight is 409 g/mol. The van der Waals surface area contributed by atoms with Gasteiger partial charge in [0, 0.05) is 13.2 Å². The van der Waals surface area contributed by atoms with Crippen molar-refractivity contribution in [2.75, 3.05) is 13.2 Å². The van der Waals surface area contributed by atoms with Crippen molar-refractivity contribution in [2.45, 2.75) is 154 Å². The van der Waals surface area contributed by atoms with E-state index in [9.17, 15) is 0 Å². The molecule has 2 radical (unpaired) electrons. The highest BCUT2D eigenvalue weighted by Gasteiger charge is 1.96. The van der Waals surface area contributed by atoms with Gasteiger partial charge in [0.25, 0.3) is 0 Å². The molecule has 0 aromatic carbocycles. The Bertz CT molecular complexity index is 237. The molecular formula is C28H56O. The lowest BCUT2D eigenvalue weighted by atomic mass is 10.0. The molecule has 174 valence electrons. The highest BCUT2D eigenvalue weighted by Crippen LogP contribution is 2.14. The van der Waals surface area contributed by atoms with Gasteiger partial charge in [0.05, 0.1) is 0 Å². The van der Waals surface area contributed by atoms with Crippen LogP contribution < -0.4 is 0 Å². The van der Waals surface area contributed by atoms with Crippen molar-refractivity contribution >= 4 is 0 Å². The highest BCUT2D eigenvalue weighted by molar-refractivity contribution is 4.51. The van der Waals surface area contributed by atoms with Crippen LogP contribution in [0.3, 0.4) is 0 Å². The smallest absolute Gasteiger partial charge is 0.0466 e. The average Bonchev–Trinajstić information content (AvgIpc) is 2.74. The molecule has 29 heavy (non-hydrogen) atoms. The summed E-state index contributed by atoms with van der Waals surface area (Å²) < 4.78 is 5.75. The predicted octanol–water partition coefficient (Wildman–Crippen LogP) is 10.0. The lowest BCUT2D eigenvalue weighted by molar-refractivity contribution is 0.125. The molecule has 0 saturated carbocycles. The molecular weight excluding hydrogens is 352 g/mol. The van der Waals surface area contributed by atoms with Crippen molar-refractivity contribution in [1.82, 2.24) is 0 Å². The molecule has 0 unspecified atom stereocenters. The first-order valence-corrected chi connectivity index (χ1v) is 13.6. The second kappa shape index (κ2) is 28.0. The van der Waals surface area contributed by atoms with E-state index in [0.29, 0.717) is 0 Å².